The molecule has 2 aromatic carbocycles. The average Bonchev–Trinajstić information content (AvgIpc) is 3.52. The Hall–Kier alpha value is -4.17. The number of nitrogens with one attached hydrogen (secondary N) is 1. The van der Waals surface area contributed by atoms with Gasteiger partial charge in [0.2, 0.25) is 0 Å². The number of amides is 1. The van der Waals surface area contributed by atoms with Crippen molar-refractivity contribution in [3.8, 4) is 16.9 Å². The molecule has 1 N–H and O–H groups in total. The highest BCUT2D eigenvalue weighted by molar-refractivity contribution is 6.05. The van der Waals surface area contributed by atoms with Crippen molar-refractivity contribution < 1.29 is 32.2 Å². The largest absolute Gasteiger partial charge is 0.481 e. The number of nitrogens with zero attached hydrogens (tertiary/aromatic N) is 6. The molecule has 1 spiro atoms. The number of carbonyl (C=O) groups excluding carboxylic acids is 1. The summed E-state index contributed by atoms with van der Waals surface area (Å²) in [6.07, 6.45) is 1.88. The second-order valence-corrected chi connectivity index (χ2v) is 16.6. The monoisotopic (exact) mass is 749 g/mol. The van der Waals surface area contributed by atoms with Gasteiger partial charge in [-0.1, -0.05) is 13.0 Å². The van der Waals surface area contributed by atoms with E-state index in [4.69, 9.17) is 29.3 Å². The molecule has 4 aliphatic rings. The number of hydrogen-bond donors (Lipinski definition) is 1. The lowest BCUT2D eigenvalue weighted by molar-refractivity contribution is -0.153. The number of alkyl halides is 3. The first kappa shape index (κ1) is 36.8. The lowest BCUT2D eigenvalue weighted by Crippen LogP contribution is -2.62. The Morgan fingerprint density at radius 2 is 1.81 bits per heavy atom. The molecule has 4 saturated heterocycles. The van der Waals surface area contributed by atoms with Gasteiger partial charge in [-0.05, 0) is 95.0 Å². The van der Waals surface area contributed by atoms with Crippen LogP contribution in [0.5, 0.6) is 5.75 Å². The van der Waals surface area contributed by atoms with Crippen LogP contribution in [0.1, 0.15) is 88.9 Å². The molecule has 4 aromatic rings. The van der Waals surface area contributed by atoms with Gasteiger partial charge in [-0.2, -0.15) is 18.3 Å². The van der Waals surface area contributed by atoms with Gasteiger partial charge in [-0.3, -0.25) is 0 Å². The highest BCUT2D eigenvalue weighted by atomic mass is 19.4. The maximum atomic E-state index is 14.1. The lowest BCUT2D eigenvalue weighted by Gasteiger charge is -2.53. The van der Waals surface area contributed by atoms with Gasteiger partial charge in [0.1, 0.15) is 22.8 Å². The van der Waals surface area contributed by atoms with Gasteiger partial charge in [-0.15, -0.1) is 0 Å². The molecule has 1 amide bonds. The summed E-state index contributed by atoms with van der Waals surface area (Å²) >= 11 is 0. The maximum Gasteiger partial charge on any atom is 0.422 e. The summed E-state index contributed by atoms with van der Waals surface area (Å²) in [5.41, 5.74) is 3.84. The van der Waals surface area contributed by atoms with E-state index in [1.807, 2.05) is 51.4 Å². The van der Waals surface area contributed by atoms with Crippen LogP contribution in [0.15, 0.2) is 24.4 Å². The molecule has 1 unspecified atom stereocenters. The first-order valence-corrected chi connectivity index (χ1v) is 19.3. The van der Waals surface area contributed by atoms with E-state index in [1.54, 1.807) is 11.1 Å². The minimum atomic E-state index is -4.57. The molecule has 0 aliphatic carbocycles. The molecular formula is C40H50F3N7O4. The Bertz CT molecular complexity index is 2050. The maximum absolute atomic E-state index is 14.1. The molecule has 4 fully saturated rings. The number of aryl methyl sites for hydroxylation is 2. The van der Waals surface area contributed by atoms with Crippen molar-refractivity contribution in [1.29, 1.82) is 0 Å². The average molecular weight is 750 g/mol. The second-order valence-electron chi connectivity index (χ2n) is 16.6. The number of anilines is 1. The number of carbonyl (C=O) groups is 1. The van der Waals surface area contributed by atoms with E-state index < -0.39 is 18.4 Å². The summed E-state index contributed by atoms with van der Waals surface area (Å²) in [5, 5.41) is 9.57. The van der Waals surface area contributed by atoms with Crippen molar-refractivity contribution in [2.24, 2.45) is 5.41 Å². The summed E-state index contributed by atoms with van der Waals surface area (Å²) in [6, 6.07) is 6.08. The summed E-state index contributed by atoms with van der Waals surface area (Å²) in [5.74, 6) is 1.47. The first-order chi connectivity index (χ1) is 25.7. The number of hydrogen-bond acceptors (Lipinski definition) is 9. The summed E-state index contributed by atoms with van der Waals surface area (Å²) in [7, 11) is 0. The fourth-order valence-corrected chi connectivity index (χ4v) is 8.47. The van der Waals surface area contributed by atoms with Crippen LogP contribution in [0.2, 0.25) is 0 Å². The fraction of sp³-hybridized carbons (Fsp3) is 0.600. The predicted molar refractivity (Wildman–Crippen MR) is 200 cm³/mol. The summed E-state index contributed by atoms with van der Waals surface area (Å²) in [6.45, 7) is 12.9. The third-order valence-corrected chi connectivity index (χ3v) is 11.4. The molecule has 0 saturated carbocycles. The van der Waals surface area contributed by atoms with Crippen molar-refractivity contribution in [1.82, 2.24) is 30.0 Å². The van der Waals surface area contributed by atoms with Gasteiger partial charge in [-0.25, -0.2) is 19.4 Å². The van der Waals surface area contributed by atoms with Crippen LogP contribution in [0, 0.1) is 12.3 Å². The molecule has 54 heavy (non-hydrogen) atoms. The zero-order chi connectivity index (χ0) is 38.0. The van der Waals surface area contributed by atoms with E-state index in [9.17, 15) is 18.0 Å². The third-order valence-electron chi connectivity index (χ3n) is 11.4. The van der Waals surface area contributed by atoms with Gasteiger partial charge >= 0.3 is 12.3 Å². The van der Waals surface area contributed by atoms with E-state index in [0.29, 0.717) is 74.6 Å². The van der Waals surface area contributed by atoms with E-state index in [2.05, 4.69) is 16.3 Å². The molecule has 14 heteroatoms. The van der Waals surface area contributed by atoms with Crippen molar-refractivity contribution in [2.45, 2.75) is 97.1 Å². The smallest absolute Gasteiger partial charge is 0.422 e. The predicted octanol–water partition coefficient (Wildman–Crippen LogP) is 7.68. The minimum Gasteiger partial charge on any atom is -0.481 e. The Morgan fingerprint density at radius 3 is 2.44 bits per heavy atom. The van der Waals surface area contributed by atoms with Gasteiger partial charge in [0.25, 0.3) is 0 Å². The Labute approximate surface area is 313 Å². The zero-order valence-corrected chi connectivity index (χ0v) is 31.8. The molecular weight excluding hydrogens is 699 g/mol. The number of benzene rings is 2. The molecule has 4 aliphatic heterocycles. The molecule has 0 radical (unpaired) electrons. The molecule has 6 heterocycles. The van der Waals surface area contributed by atoms with Crippen LogP contribution in [0.3, 0.4) is 0 Å². The van der Waals surface area contributed by atoms with Gasteiger partial charge in [0, 0.05) is 73.5 Å². The van der Waals surface area contributed by atoms with Crippen LogP contribution in [0.25, 0.3) is 32.9 Å². The number of likely N-dealkylation sites (tertiary alicyclic amines) is 1. The van der Waals surface area contributed by atoms with E-state index in [-0.39, 0.29) is 29.4 Å². The van der Waals surface area contributed by atoms with E-state index in [0.717, 1.165) is 65.5 Å². The Balaban J connectivity index is 1.23. The van der Waals surface area contributed by atoms with Crippen molar-refractivity contribution in [3.63, 3.8) is 0 Å². The van der Waals surface area contributed by atoms with Crippen LogP contribution in [-0.4, -0.2) is 95.0 Å². The van der Waals surface area contributed by atoms with E-state index in [1.165, 1.54) is 0 Å². The van der Waals surface area contributed by atoms with Gasteiger partial charge < -0.3 is 29.3 Å². The molecule has 290 valence electrons. The molecule has 2 aromatic heterocycles. The van der Waals surface area contributed by atoms with Crippen LogP contribution in [-0.2, 0) is 15.9 Å². The van der Waals surface area contributed by atoms with Crippen LogP contribution >= 0.6 is 0 Å². The van der Waals surface area contributed by atoms with E-state index >= 15 is 0 Å². The van der Waals surface area contributed by atoms with Gasteiger partial charge in [0.05, 0.1) is 11.7 Å². The van der Waals surface area contributed by atoms with Crippen LogP contribution < -0.4 is 15.0 Å². The standard InChI is InChI=1S/C40H50F3N7O4/c1-6-25-17-27-33(34(53-23-40(41,42)43)32(25)31-24(2)10-11-29-28(31)20-45-50(29)30-9-7-8-16-52-30)46-35(26-18-44-19-26)47-36(27)48-14-12-39(13-15-48)21-49(22-39)37(51)54-38(3,4)5/h10-11,17,20,26,30,44H,6-9,12-16,18-19,21-23H2,1-5H3. The van der Waals surface area contributed by atoms with Crippen molar-refractivity contribution in [2.75, 3.05) is 57.4 Å². The van der Waals surface area contributed by atoms with Crippen molar-refractivity contribution in [3.05, 3.63) is 41.3 Å². The van der Waals surface area contributed by atoms with Crippen molar-refractivity contribution >= 4 is 33.7 Å². The summed E-state index contributed by atoms with van der Waals surface area (Å²) in [4.78, 5) is 26.9. The lowest BCUT2D eigenvalue weighted by atomic mass is 9.72. The Kier molecular flexibility index (Phi) is 9.43. The normalized spacial score (nSPS) is 20.7. The molecule has 11 nitrogen and oxygen atoms in total. The fourth-order valence-electron chi connectivity index (χ4n) is 8.47. The second kappa shape index (κ2) is 13.8. The number of fused-ring (bicyclic) bond motifs is 2. The Morgan fingerprint density at radius 1 is 1.06 bits per heavy atom. The molecule has 0 bridgehead atoms. The third kappa shape index (κ3) is 6.95. The number of ether oxygens (including phenoxy) is 3. The highest BCUT2D eigenvalue weighted by Gasteiger charge is 2.48. The number of rotatable bonds is 7. The topological polar surface area (TPSA) is 107 Å². The number of aromatic nitrogens is 4. The minimum absolute atomic E-state index is 0.00298. The first-order valence-electron chi connectivity index (χ1n) is 19.3. The van der Waals surface area contributed by atoms with Gasteiger partial charge in [0.15, 0.2) is 18.6 Å². The van der Waals surface area contributed by atoms with Crippen LogP contribution in [0.4, 0.5) is 23.8 Å². The molecule has 8 rings (SSSR count). The quantitative estimate of drug-likeness (QED) is 0.204. The number of piperidine rings is 1. The highest BCUT2D eigenvalue weighted by Crippen LogP contribution is 2.48. The number of halogens is 3. The SMILES string of the molecule is CCc1cc2c(N3CCC4(CC3)CN(C(=O)OC(C)(C)C)C4)nc(C3CNC3)nc2c(OCC(F)(F)F)c1-c1c(C)ccc2c1cnn2C1CCCCO1. The molecule has 1 atom stereocenters. The zero-order valence-electron chi connectivity index (χ0n) is 31.8. The summed E-state index contributed by atoms with van der Waals surface area (Å²) < 4.78 is 61.8.